The number of rotatable bonds is 4. The number of hydrogen-bond acceptors (Lipinski definition) is 5. The van der Waals surface area contributed by atoms with E-state index in [1.54, 1.807) is 7.11 Å². The summed E-state index contributed by atoms with van der Waals surface area (Å²) in [6.07, 6.45) is 1.07. The summed E-state index contributed by atoms with van der Waals surface area (Å²) in [5.41, 5.74) is -1.84. The van der Waals surface area contributed by atoms with Crippen LogP contribution in [0.15, 0.2) is 24.9 Å². The summed E-state index contributed by atoms with van der Waals surface area (Å²) in [5.74, 6) is 0. The van der Waals surface area contributed by atoms with E-state index in [0.717, 1.165) is 0 Å². The van der Waals surface area contributed by atoms with Gasteiger partial charge in [0, 0.05) is 13.2 Å². The first-order valence-corrected chi connectivity index (χ1v) is 6.17. The predicted octanol–water partition coefficient (Wildman–Crippen LogP) is 0.527. The van der Waals surface area contributed by atoms with Crippen LogP contribution in [0.4, 0.5) is 0 Å². The highest BCUT2D eigenvalue weighted by atomic mass is 16.5. The third-order valence-corrected chi connectivity index (χ3v) is 3.27. The SMILES string of the molecule is COC(C)(C)CCc1cc(=O)oc2[nH]c(=O)[nH]c(=O)c12. The molecule has 0 spiro atoms. The first-order valence-electron chi connectivity index (χ1n) is 6.17. The zero-order valence-corrected chi connectivity index (χ0v) is 11.5. The van der Waals surface area contributed by atoms with Crippen molar-refractivity contribution >= 4 is 11.1 Å². The van der Waals surface area contributed by atoms with Gasteiger partial charge in [-0.05, 0) is 32.3 Å². The molecule has 20 heavy (non-hydrogen) atoms. The third kappa shape index (κ3) is 2.88. The Balaban J connectivity index is 2.56. The second kappa shape index (κ2) is 5.09. The number of aromatic amines is 2. The monoisotopic (exact) mass is 280 g/mol. The molecule has 2 heterocycles. The lowest BCUT2D eigenvalue weighted by Crippen LogP contribution is -2.26. The maximum absolute atomic E-state index is 11.9. The molecule has 7 nitrogen and oxygen atoms in total. The number of fused-ring (bicyclic) bond motifs is 1. The molecule has 2 aromatic rings. The van der Waals surface area contributed by atoms with Crippen molar-refractivity contribution < 1.29 is 9.15 Å². The largest absolute Gasteiger partial charge is 0.405 e. The second-order valence-electron chi connectivity index (χ2n) is 5.17. The molecule has 0 bridgehead atoms. The van der Waals surface area contributed by atoms with Crippen molar-refractivity contribution in [3.05, 3.63) is 42.9 Å². The van der Waals surface area contributed by atoms with E-state index in [-0.39, 0.29) is 16.7 Å². The Morgan fingerprint density at radius 1 is 1.25 bits per heavy atom. The van der Waals surface area contributed by atoms with Crippen molar-refractivity contribution in [1.82, 2.24) is 9.97 Å². The highest BCUT2D eigenvalue weighted by molar-refractivity contribution is 5.75. The zero-order valence-electron chi connectivity index (χ0n) is 11.5. The molecule has 0 aliphatic carbocycles. The summed E-state index contributed by atoms with van der Waals surface area (Å²) in [4.78, 5) is 39.0. The first-order chi connectivity index (χ1) is 9.32. The van der Waals surface area contributed by atoms with Gasteiger partial charge in [0.2, 0.25) is 5.71 Å². The van der Waals surface area contributed by atoms with Gasteiger partial charge in [0.25, 0.3) is 5.56 Å². The van der Waals surface area contributed by atoms with Gasteiger partial charge in [-0.3, -0.25) is 14.8 Å². The second-order valence-corrected chi connectivity index (χ2v) is 5.17. The maximum Gasteiger partial charge on any atom is 0.337 e. The van der Waals surface area contributed by atoms with Gasteiger partial charge in [-0.1, -0.05) is 0 Å². The third-order valence-electron chi connectivity index (χ3n) is 3.27. The van der Waals surface area contributed by atoms with E-state index in [0.29, 0.717) is 18.4 Å². The van der Waals surface area contributed by atoms with Crippen LogP contribution in [0, 0.1) is 0 Å². The van der Waals surface area contributed by atoms with Crippen molar-refractivity contribution in [2.45, 2.75) is 32.3 Å². The van der Waals surface area contributed by atoms with Gasteiger partial charge in [0.15, 0.2) is 0 Å². The van der Waals surface area contributed by atoms with Gasteiger partial charge in [-0.25, -0.2) is 9.59 Å². The number of aromatic nitrogens is 2. The van der Waals surface area contributed by atoms with Gasteiger partial charge in [-0.2, -0.15) is 0 Å². The first kappa shape index (κ1) is 14.3. The van der Waals surface area contributed by atoms with Crippen LogP contribution < -0.4 is 16.9 Å². The number of nitrogens with one attached hydrogen (secondary N) is 2. The van der Waals surface area contributed by atoms with Gasteiger partial charge in [0.05, 0.1) is 5.60 Å². The van der Waals surface area contributed by atoms with Gasteiger partial charge < -0.3 is 9.15 Å². The summed E-state index contributed by atoms with van der Waals surface area (Å²) >= 11 is 0. The van der Waals surface area contributed by atoms with Gasteiger partial charge in [-0.15, -0.1) is 0 Å². The Morgan fingerprint density at radius 3 is 2.60 bits per heavy atom. The average Bonchev–Trinajstić information content (AvgIpc) is 2.34. The number of ether oxygens (including phenoxy) is 1. The average molecular weight is 280 g/mol. The van der Waals surface area contributed by atoms with Crippen LogP contribution in [0.2, 0.25) is 0 Å². The highest BCUT2D eigenvalue weighted by Crippen LogP contribution is 2.19. The normalized spacial score (nSPS) is 11.9. The Kier molecular flexibility index (Phi) is 3.63. The fourth-order valence-electron chi connectivity index (χ4n) is 1.91. The van der Waals surface area contributed by atoms with E-state index in [2.05, 4.69) is 9.97 Å². The fourth-order valence-corrected chi connectivity index (χ4v) is 1.91. The summed E-state index contributed by atoms with van der Waals surface area (Å²) < 4.78 is 10.2. The molecule has 2 rings (SSSR count). The fraction of sp³-hybridized carbons (Fsp3) is 0.462. The maximum atomic E-state index is 11.9. The Bertz CT molecular complexity index is 791. The molecule has 0 unspecified atom stereocenters. The van der Waals surface area contributed by atoms with Crippen LogP contribution in [-0.2, 0) is 11.2 Å². The molecule has 2 N–H and O–H groups in total. The van der Waals surface area contributed by atoms with E-state index in [1.165, 1.54) is 6.07 Å². The quantitative estimate of drug-likeness (QED) is 0.849. The molecular formula is C13H16N2O5. The highest BCUT2D eigenvalue weighted by Gasteiger charge is 2.18. The van der Waals surface area contributed by atoms with Crippen molar-refractivity contribution in [2.24, 2.45) is 0 Å². The lowest BCUT2D eigenvalue weighted by Gasteiger charge is -2.22. The summed E-state index contributed by atoms with van der Waals surface area (Å²) in [6.45, 7) is 3.82. The molecule has 2 aromatic heterocycles. The van der Waals surface area contributed by atoms with Crippen molar-refractivity contribution in [2.75, 3.05) is 7.11 Å². The van der Waals surface area contributed by atoms with E-state index in [4.69, 9.17) is 9.15 Å². The van der Waals surface area contributed by atoms with E-state index >= 15 is 0 Å². The molecule has 0 atom stereocenters. The molecule has 0 aliphatic rings. The minimum absolute atomic E-state index is 0.100. The molecule has 0 fully saturated rings. The summed E-state index contributed by atoms with van der Waals surface area (Å²) in [6, 6.07) is 1.27. The number of aryl methyl sites for hydroxylation is 1. The zero-order chi connectivity index (χ0) is 14.9. The standard InChI is InChI=1S/C13H16N2O5/c1-13(2,19-3)5-4-7-6-8(16)20-11-9(7)10(17)14-12(18)15-11/h6H,4-5H2,1-3H3,(H2,14,15,17,18). The molecule has 108 valence electrons. The van der Waals surface area contributed by atoms with Crippen LogP contribution in [0.25, 0.3) is 11.1 Å². The topological polar surface area (TPSA) is 105 Å². The molecule has 0 saturated carbocycles. The van der Waals surface area contributed by atoms with Crippen LogP contribution in [0.3, 0.4) is 0 Å². The van der Waals surface area contributed by atoms with Crippen LogP contribution in [0.5, 0.6) is 0 Å². The smallest absolute Gasteiger partial charge is 0.337 e. The molecule has 0 aliphatic heterocycles. The van der Waals surface area contributed by atoms with Gasteiger partial charge >= 0.3 is 11.3 Å². The molecule has 0 amide bonds. The van der Waals surface area contributed by atoms with Crippen LogP contribution in [0.1, 0.15) is 25.8 Å². The predicted molar refractivity (Wildman–Crippen MR) is 73.1 cm³/mol. The minimum atomic E-state index is -0.708. The van der Waals surface area contributed by atoms with Crippen molar-refractivity contribution in [3.63, 3.8) is 0 Å². The Morgan fingerprint density at radius 2 is 1.95 bits per heavy atom. The number of hydrogen-bond donors (Lipinski definition) is 2. The van der Waals surface area contributed by atoms with Crippen LogP contribution >= 0.6 is 0 Å². The lowest BCUT2D eigenvalue weighted by molar-refractivity contribution is 0.0158. The van der Waals surface area contributed by atoms with E-state index < -0.39 is 16.9 Å². The minimum Gasteiger partial charge on any atom is -0.405 e. The number of H-pyrrole nitrogens is 2. The summed E-state index contributed by atoms with van der Waals surface area (Å²) in [7, 11) is 1.60. The summed E-state index contributed by atoms with van der Waals surface area (Å²) in [5, 5.41) is 0.191. The lowest BCUT2D eigenvalue weighted by atomic mass is 9.98. The molecular weight excluding hydrogens is 264 g/mol. The van der Waals surface area contributed by atoms with E-state index in [9.17, 15) is 14.4 Å². The molecule has 0 radical (unpaired) electrons. The van der Waals surface area contributed by atoms with Gasteiger partial charge in [0.1, 0.15) is 5.39 Å². The van der Waals surface area contributed by atoms with E-state index in [1.807, 2.05) is 13.8 Å². The van der Waals surface area contributed by atoms with Crippen molar-refractivity contribution in [3.8, 4) is 0 Å². The molecule has 0 aromatic carbocycles. The Hall–Kier alpha value is -2.15. The van der Waals surface area contributed by atoms with Crippen LogP contribution in [-0.4, -0.2) is 22.7 Å². The Labute approximate surface area is 113 Å². The molecule has 0 saturated heterocycles. The number of methoxy groups -OCH3 is 1. The van der Waals surface area contributed by atoms with Crippen molar-refractivity contribution in [1.29, 1.82) is 0 Å². The molecule has 7 heteroatoms.